The first-order chi connectivity index (χ1) is 16.3. The summed E-state index contributed by atoms with van der Waals surface area (Å²) in [6.07, 6.45) is -0.246. The molecule has 0 unspecified atom stereocenters. The number of hydrogen-bond acceptors (Lipinski definition) is 7. The number of halogens is 1. The van der Waals surface area contributed by atoms with Crippen LogP contribution in [0, 0.1) is 5.82 Å². The predicted molar refractivity (Wildman–Crippen MR) is 128 cm³/mol. The summed E-state index contributed by atoms with van der Waals surface area (Å²) in [6.45, 7) is 2.80. The van der Waals surface area contributed by atoms with Gasteiger partial charge in [0.25, 0.3) is 0 Å². The van der Waals surface area contributed by atoms with Crippen molar-refractivity contribution in [1.29, 1.82) is 0 Å². The molecule has 8 nitrogen and oxygen atoms in total. The van der Waals surface area contributed by atoms with Crippen LogP contribution in [0.25, 0.3) is 5.69 Å². The molecule has 180 valence electrons. The second-order valence-corrected chi connectivity index (χ2v) is 9.30. The van der Waals surface area contributed by atoms with Gasteiger partial charge in [-0.25, -0.2) is 4.39 Å². The van der Waals surface area contributed by atoms with Crippen molar-refractivity contribution in [3.63, 3.8) is 0 Å². The summed E-state index contributed by atoms with van der Waals surface area (Å²) in [7, 11) is 5.65. The lowest BCUT2D eigenvalue weighted by molar-refractivity contribution is -0.128. The molecule has 4 rings (SSSR count). The molecular weight excluding hydrogens is 457 g/mol. The molecule has 0 spiro atoms. The lowest BCUT2D eigenvalue weighted by Gasteiger charge is -2.29. The normalized spacial score (nSPS) is 15.9. The van der Waals surface area contributed by atoms with Crippen LogP contribution in [0.15, 0.2) is 53.7 Å². The number of likely N-dealkylation sites (N-methyl/N-ethyl adjacent to an activating group) is 1. The van der Waals surface area contributed by atoms with Gasteiger partial charge in [0, 0.05) is 12.7 Å². The molecule has 0 saturated carbocycles. The number of ether oxygens (including phenoxy) is 2. The molecule has 1 aliphatic heterocycles. The number of amides is 1. The molecule has 0 N–H and O–H groups in total. The van der Waals surface area contributed by atoms with E-state index in [-0.39, 0.29) is 29.6 Å². The Bertz CT molecular complexity index is 1140. The second kappa shape index (κ2) is 10.4. The standard InChI is InChI=1S/C24H28FN5O3S/c1-16(28(2)3)23-26-27-24(30(23)18-11-9-17(25)10-12-18)34-15-22(31)29(4)13-19-14-32-20-7-5-6-8-21(20)33-19/h5-12,16,19H,13-15H2,1-4H3/t16-,19-/m0/s1. The number of benzene rings is 2. The van der Waals surface area contributed by atoms with Crippen molar-refractivity contribution >= 4 is 17.7 Å². The number of hydrogen-bond donors (Lipinski definition) is 0. The van der Waals surface area contributed by atoms with Gasteiger partial charge in [0.15, 0.2) is 28.6 Å². The van der Waals surface area contributed by atoms with Crippen LogP contribution in [0.1, 0.15) is 18.8 Å². The molecule has 1 amide bonds. The largest absolute Gasteiger partial charge is 0.486 e. The Kier molecular flexibility index (Phi) is 7.38. The molecular formula is C24H28FN5O3S. The summed E-state index contributed by atoms with van der Waals surface area (Å²) in [5.41, 5.74) is 0.741. The summed E-state index contributed by atoms with van der Waals surface area (Å²) < 4.78 is 27.1. The number of carbonyl (C=O) groups excluding carboxylic acids is 1. The highest BCUT2D eigenvalue weighted by Gasteiger charge is 2.25. The quantitative estimate of drug-likeness (QED) is 0.453. The average molecular weight is 486 g/mol. The van der Waals surface area contributed by atoms with E-state index in [9.17, 15) is 9.18 Å². The van der Waals surface area contributed by atoms with Crippen LogP contribution in [0.4, 0.5) is 4.39 Å². The van der Waals surface area contributed by atoms with Crippen LogP contribution < -0.4 is 9.47 Å². The smallest absolute Gasteiger partial charge is 0.232 e. The SMILES string of the molecule is C[C@@H](c1nnc(SCC(=O)N(C)C[C@H]2COc3ccccc3O2)n1-c1ccc(F)cc1)N(C)C. The van der Waals surface area contributed by atoms with Crippen LogP contribution in [0.2, 0.25) is 0 Å². The van der Waals surface area contributed by atoms with Crippen molar-refractivity contribution in [2.24, 2.45) is 0 Å². The van der Waals surface area contributed by atoms with E-state index in [1.54, 1.807) is 24.1 Å². The van der Waals surface area contributed by atoms with Crippen molar-refractivity contribution in [2.75, 3.05) is 40.0 Å². The highest BCUT2D eigenvalue weighted by molar-refractivity contribution is 7.99. The third-order valence-electron chi connectivity index (χ3n) is 5.69. The molecule has 0 radical (unpaired) electrons. The second-order valence-electron chi connectivity index (χ2n) is 8.35. The van der Waals surface area contributed by atoms with Gasteiger partial charge < -0.3 is 14.4 Å². The van der Waals surface area contributed by atoms with E-state index in [0.717, 1.165) is 5.69 Å². The minimum atomic E-state index is -0.318. The van der Waals surface area contributed by atoms with Gasteiger partial charge in [-0.1, -0.05) is 23.9 Å². The molecule has 1 aromatic heterocycles. The van der Waals surface area contributed by atoms with E-state index in [2.05, 4.69) is 10.2 Å². The van der Waals surface area contributed by atoms with Gasteiger partial charge in [-0.15, -0.1) is 10.2 Å². The van der Waals surface area contributed by atoms with Crippen LogP contribution >= 0.6 is 11.8 Å². The zero-order chi connectivity index (χ0) is 24.2. The fourth-order valence-corrected chi connectivity index (χ4v) is 4.41. The average Bonchev–Trinajstić information content (AvgIpc) is 3.26. The first-order valence-corrected chi connectivity index (χ1v) is 11.9. The molecule has 0 bridgehead atoms. The van der Waals surface area contributed by atoms with Crippen molar-refractivity contribution < 1.29 is 18.7 Å². The molecule has 34 heavy (non-hydrogen) atoms. The number of carbonyl (C=O) groups is 1. The van der Waals surface area contributed by atoms with Gasteiger partial charge in [-0.3, -0.25) is 14.3 Å². The number of fused-ring (bicyclic) bond motifs is 1. The summed E-state index contributed by atoms with van der Waals surface area (Å²) in [4.78, 5) is 16.5. The maximum absolute atomic E-state index is 13.5. The topological polar surface area (TPSA) is 72.7 Å². The van der Waals surface area contributed by atoms with E-state index >= 15 is 0 Å². The molecule has 3 aromatic rings. The summed E-state index contributed by atoms with van der Waals surface area (Å²) in [5.74, 6) is 1.90. The molecule has 1 aliphatic rings. The van der Waals surface area contributed by atoms with E-state index in [1.165, 1.54) is 23.9 Å². The predicted octanol–water partition coefficient (Wildman–Crippen LogP) is 3.42. The van der Waals surface area contributed by atoms with Gasteiger partial charge in [0.05, 0.1) is 18.3 Å². The maximum atomic E-state index is 13.5. The Morgan fingerprint density at radius 2 is 1.85 bits per heavy atom. The Morgan fingerprint density at radius 3 is 2.56 bits per heavy atom. The van der Waals surface area contributed by atoms with Crippen molar-refractivity contribution in [3.8, 4) is 17.2 Å². The zero-order valence-electron chi connectivity index (χ0n) is 19.6. The lowest BCUT2D eigenvalue weighted by Crippen LogP contribution is -2.42. The highest BCUT2D eigenvalue weighted by Crippen LogP contribution is 2.31. The first-order valence-electron chi connectivity index (χ1n) is 11.0. The van der Waals surface area contributed by atoms with Gasteiger partial charge in [0.2, 0.25) is 5.91 Å². The van der Waals surface area contributed by atoms with Crippen LogP contribution in [-0.2, 0) is 4.79 Å². The molecule has 2 aromatic carbocycles. The lowest BCUT2D eigenvalue weighted by atomic mass is 10.2. The van der Waals surface area contributed by atoms with Crippen molar-refractivity contribution in [2.45, 2.75) is 24.2 Å². The Balaban J connectivity index is 1.43. The molecule has 2 heterocycles. The van der Waals surface area contributed by atoms with Gasteiger partial charge in [-0.05, 0) is 57.4 Å². The van der Waals surface area contributed by atoms with Gasteiger partial charge in [0.1, 0.15) is 12.4 Å². The van der Waals surface area contributed by atoms with E-state index in [1.807, 2.05) is 54.8 Å². The number of rotatable bonds is 8. The first kappa shape index (κ1) is 24.0. The highest BCUT2D eigenvalue weighted by atomic mass is 32.2. The molecule has 10 heteroatoms. The minimum Gasteiger partial charge on any atom is -0.486 e. The third kappa shape index (κ3) is 5.34. The molecule has 0 fully saturated rings. The number of thioether (sulfide) groups is 1. The molecule has 0 saturated heterocycles. The molecule has 2 atom stereocenters. The van der Waals surface area contributed by atoms with Crippen LogP contribution in [0.3, 0.4) is 0 Å². The van der Waals surface area contributed by atoms with Gasteiger partial charge >= 0.3 is 0 Å². The zero-order valence-corrected chi connectivity index (χ0v) is 20.5. The Morgan fingerprint density at radius 1 is 1.15 bits per heavy atom. The van der Waals surface area contributed by atoms with E-state index in [0.29, 0.717) is 35.6 Å². The fourth-order valence-electron chi connectivity index (χ4n) is 3.51. The van der Waals surface area contributed by atoms with Crippen LogP contribution in [-0.4, -0.2) is 76.6 Å². The number of nitrogens with zero attached hydrogens (tertiary/aromatic N) is 5. The van der Waals surface area contributed by atoms with Gasteiger partial charge in [-0.2, -0.15) is 0 Å². The summed E-state index contributed by atoms with van der Waals surface area (Å²) in [6, 6.07) is 13.6. The monoisotopic (exact) mass is 485 g/mol. The third-order valence-corrected chi connectivity index (χ3v) is 6.60. The number of aromatic nitrogens is 3. The minimum absolute atomic E-state index is 0.0309. The molecule has 0 aliphatic carbocycles. The van der Waals surface area contributed by atoms with Crippen molar-refractivity contribution in [3.05, 3.63) is 60.2 Å². The van der Waals surface area contributed by atoms with Crippen LogP contribution in [0.5, 0.6) is 11.5 Å². The summed E-state index contributed by atoms with van der Waals surface area (Å²) >= 11 is 1.30. The Labute approximate surface area is 202 Å². The maximum Gasteiger partial charge on any atom is 0.232 e. The summed E-state index contributed by atoms with van der Waals surface area (Å²) in [5, 5.41) is 9.27. The van der Waals surface area contributed by atoms with E-state index in [4.69, 9.17) is 9.47 Å². The Hall–Kier alpha value is -3.11. The van der Waals surface area contributed by atoms with Crippen molar-refractivity contribution in [1.82, 2.24) is 24.6 Å². The van der Waals surface area contributed by atoms with E-state index < -0.39 is 0 Å². The fraction of sp³-hybridized carbons (Fsp3) is 0.375. The number of para-hydroxylation sites is 2.